The number of amidine groups is 1. The standard InChI is InChI=1S/C18H27N3O2S/c1-3-4-11-20(2)14-15-9-12-21(13-10-15)18-16-7-5-6-8-17(16)24(22,23)19-18/h5-8,15H,3-4,9-14H2,1-2H3. The van der Waals surface area contributed by atoms with Gasteiger partial charge in [0, 0.05) is 25.2 Å². The molecule has 0 radical (unpaired) electrons. The van der Waals surface area contributed by atoms with Crippen molar-refractivity contribution in [3.63, 3.8) is 0 Å². The van der Waals surface area contributed by atoms with E-state index < -0.39 is 10.0 Å². The van der Waals surface area contributed by atoms with Crippen LogP contribution in [0.1, 0.15) is 38.2 Å². The van der Waals surface area contributed by atoms with E-state index in [1.54, 1.807) is 12.1 Å². The van der Waals surface area contributed by atoms with Crippen molar-refractivity contribution in [3.8, 4) is 0 Å². The number of fused-ring (bicyclic) bond motifs is 1. The Hall–Kier alpha value is -1.40. The smallest absolute Gasteiger partial charge is 0.285 e. The molecule has 2 aliphatic heterocycles. The van der Waals surface area contributed by atoms with Gasteiger partial charge in [-0.2, -0.15) is 8.42 Å². The molecule has 0 amide bonds. The fourth-order valence-electron chi connectivity index (χ4n) is 3.60. The van der Waals surface area contributed by atoms with Gasteiger partial charge in [0.15, 0.2) is 5.84 Å². The summed E-state index contributed by atoms with van der Waals surface area (Å²) in [6.07, 6.45) is 4.67. The van der Waals surface area contributed by atoms with Gasteiger partial charge in [-0.3, -0.25) is 0 Å². The monoisotopic (exact) mass is 349 g/mol. The van der Waals surface area contributed by atoms with Gasteiger partial charge in [-0.05, 0) is 50.9 Å². The van der Waals surface area contributed by atoms with Crippen molar-refractivity contribution in [1.29, 1.82) is 0 Å². The van der Waals surface area contributed by atoms with E-state index in [0.29, 0.717) is 16.6 Å². The molecule has 2 aliphatic rings. The number of likely N-dealkylation sites (tertiary alicyclic amines) is 1. The molecule has 0 unspecified atom stereocenters. The second-order valence-electron chi connectivity index (χ2n) is 6.93. The molecule has 5 nitrogen and oxygen atoms in total. The molecule has 24 heavy (non-hydrogen) atoms. The van der Waals surface area contributed by atoms with Crippen molar-refractivity contribution >= 4 is 15.9 Å². The molecular weight excluding hydrogens is 322 g/mol. The van der Waals surface area contributed by atoms with E-state index in [0.717, 1.165) is 44.6 Å². The Morgan fingerprint density at radius 2 is 1.96 bits per heavy atom. The van der Waals surface area contributed by atoms with Crippen molar-refractivity contribution < 1.29 is 8.42 Å². The lowest BCUT2D eigenvalue weighted by molar-refractivity contribution is 0.200. The molecule has 0 atom stereocenters. The molecule has 0 N–H and O–H groups in total. The minimum atomic E-state index is -3.51. The van der Waals surface area contributed by atoms with Crippen LogP contribution in [0, 0.1) is 5.92 Å². The number of hydrogen-bond acceptors (Lipinski definition) is 4. The minimum Gasteiger partial charge on any atom is -0.355 e. The summed E-state index contributed by atoms with van der Waals surface area (Å²) < 4.78 is 28.4. The summed E-state index contributed by atoms with van der Waals surface area (Å²) in [5, 5.41) is 0. The van der Waals surface area contributed by atoms with E-state index in [4.69, 9.17) is 0 Å². The van der Waals surface area contributed by atoms with Crippen LogP contribution in [0.2, 0.25) is 0 Å². The predicted octanol–water partition coefficient (Wildman–Crippen LogP) is 2.58. The number of unbranched alkanes of at least 4 members (excludes halogenated alkanes) is 1. The Labute approximate surface area is 145 Å². The van der Waals surface area contributed by atoms with E-state index in [1.165, 1.54) is 12.8 Å². The third-order valence-corrected chi connectivity index (χ3v) is 6.31. The van der Waals surface area contributed by atoms with Crippen LogP contribution in [0.25, 0.3) is 0 Å². The third-order valence-electron chi connectivity index (χ3n) is 4.99. The molecule has 0 bridgehead atoms. The van der Waals surface area contributed by atoms with Gasteiger partial charge in [0.2, 0.25) is 0 Å². The number of benzene rings is 1. The number of nitrogens with zero attached hydrogens (tertiary/aromatic N) is 3. The van der Waals surface area contributed by atoms with Crippen molar-refractivity contribution in [1.82, 2.24) is 9.80 Å². The average molecular weight is 350 g/mol. The van der Waals surface area contributed by atoms with Crippen LogP contribution < -0.4 is 0 Å². The molecule has 6 heteroatoms. The van der Waals surface area contributed by atoms with Crippen LogP contribution in [0.15, 0.2) is 33.6 Å². The van der Waals surface area contributed by atoms with Crippen molar-refractivity contribution in [2.45, 2.75) is 37.5 Å². The van der Waals surface area contributed by atoms with Crippen LogP contribution in [-0.4, -0.2) is 57.3 Å². The molecule has 0 aliphatic carbocycles. The van der Waals surface area contributed by atoms with E-state index in [-0.39, 0.29) is 0 Å². The van der Waals surface area contributed by atoms with Crippen LogP contribution in [0.5, 0.6) is 0 Å². The van der Waals surface area contributed by atoms with Crippen LogP contribution >= 0.6 is 0 Å². The number of rotatable bonds is 5. The molecule has 0 saturated carbocycles. The molecular formula is C18H27N3O2S. The minimum absolute atomic E-state index is 0.349. The highest BCUT2D eigenvalue weighted by atomic mass is 32.2. The van der Waals surface area contributed by atoms with Crippen molar-refractivity contribution in [2.24, 2.45) is 10.3 Å². The van der Waals surface area contributed by atoms with Gasteiger partial charge in [0.1, 0.15) is 4.90 Å². The Morgan fingerprint density at radius 3 is 2.67 bits per heavy atom. The summed E-state index contributed by atoms with van der Waals surface area (Å²) in [7, 11) is -1.31. The first-order chi connectivity index (χ1) is 11.5. The van der Waals surface area contributed by atoms with Gasteiger partial charge in [-0.25, -0.2) is 0 Å². The maximum Gasteiger partial charge on any atom is 0.285 e. The molecule has 132 valence electrons. The quantitative estimate of drug-likeness (QED) is 0.820. The van der Waals surface area contributed by atoms with Crippen molar-refractivity contribution in [2.75, 3.05) is 33.2 Å². The Bertz CT molecular complexity index is 707. The molecule has 3 rings (SSSR count). The highest BCUT2D eigenvalue weighted by Crippen LogP contribution is 2.29. The summed E-state index contributed by atoms with van der Waals surface area (Å²) in [6.45, 7) is 6.29. The normalized spacial score (nSPS) is 20.3. The average Bonchev–Trinajstić information content (AvgIpc) is 2.86. The zero-order valence-corrected chi connectivity index (χ0v) is 15.4. The molecule has 2 heterocycles. The first-order valence-electron chi connectivity index (χ1n) is 8.89. The molecule has 1 saturated heterocycles. The topological polar surface area (TPSA) is 53.0 Å². The van der Waals surface area contributed by atoms with E-state index >= 15 is 0 Å². The summed E-state index contributed by atoms with van der Waals surface area (Å²) in [5.74, 6) is 1.33. The van der Waals surface area contributed by atoms with E-state index in [1.807, 2.05) is 12.1 Å². The number of hydrogen-bond donors (Lipinski definition) is 0. The highest BCUT2D eigenvalue weighted by molar-refractivity contribution is 7.90. The molecule has 1 fully saturated rings. The maximum absolute atomic E-state index is 12.2. The van der Waals surface area contributed by atoms with Gasteiger partial charge < -0.3 is 9.80 Å². The van der Waals surface area contributed by atoms with Crippen LogP contribution in [0.3, 0.4) is 0 Å². The van der Waals surface area contributed by atoms with Gasteiger partial charge in [0.25, 0.3) is 10.0 Å². The van der Waals surface area contributed by atoms with Gasteiger partial charge in [-0.1, -0.05) is 25.5 Å². The second-order valence-corrected chi connectivity index (χ2v) is 8.50. The summed E-state index contributed by atoms with van der Waals surface area (Å²) >= 11 is 0. The zero-order valence-electron chi connectivity index (χ0n) is 14.6. The Balaban J connectivity index is 1.62. The van der Waals surface area contributed by atoms with Gasteiger partial charge >= 0.3 is 0 Å². The van der Waals surface area contributed by atoms with Gasteiger partial charge in [0.05, 0.1) is 0 Å². The SMILES string of the molecule is CCCCN(C)CC1CCN(C2=NS(=O)(=O)c3ccccc32)CC1. The first kappa shape index (κ1) is 17.4. The molecule has 1 aromatic carbocycles. The van der Waals surface area contributed by atoms with Gasteiger partial charge in [-0.15, -0.1) is 4.40 Å². The highest BCUT2D eigenvalue weighted by Gasteiger charge is 2.33. The number of piperidine rings is 1. The summed E-state index contributed by atoms with van der Waals surface area (Å²) in [4.78, 5) is 4.92. The lowest BCUT2D eigenvalue weighted by Crippen LogP contribution is -2.41. The van der Waals surface area contributed by atoms with Crippen LogP contribution in [0.4, 0.5) is 0 Å². The summed E-state index contributed by atoms with van der Waals surface area (Å²) in [6, 6.07) is 7.15. The Kier molecular flexibility index (Phi) is 5.25. The van der Waals surface area contributed by atoms with E-state index in [9.17, 15) is 8.42 Å². The lowest BCUT2D eigenvalue weighted by Gasteiger charge is -2.35. The first-order valence-corrected chi connectivity index (χ1v) is 10.3. The predicted molar refractivity (Wildman–Crippen MR) is 96.9 cm³/mol. The molecule has 0 spiro atoms. The molecule has 0 aromatic heterocycles. The lowest BCUT2D eigenvalue weighted by atomic mass is 9.95. The Morgan fingerprint density at radius 1 is 1.25 bits per heavy atom. The largest absolute Gasteiger partial charge is 0.355 e. The van der Waals surface area contributed by atoms with E-state index in [2.05, 4.69) is 28.2 Å². The zero-order chi connectivity index (χ0) is 17.2. The fourth-order valence-corrected chi connectivity index (χ4v) is 4.83. The maximum atomic E-state index is 12.2. The second kappa shape index (κ2) is 7.23. The summed E-state index contributed by atoms with van der Waals surface area (Å²) in [5.41, 5.74) is 0.760. The fraction of sp³-hybridized carbons (Fsp3) is 0.611. The number of sulfonamides is 1. The van der Waals surface area contributed by atoms with Crippen molar-refractivity contribution in [3.05, 3.63) is 29.8 Å². The molecule has 1 aromatic rings. The van der Waals surface area contributed by atoms with Crippen LogP contribution in [-0.2, 0) is 10.0 Å². The third kappa shape index (κ3) is 3.64.